The van der Waals surface area contributed by atoms with Crippen molar-refractivity contribution >= 4 is 22.5 Å². The topological polar surface area (TPSA) is 17.8 Å². The van der Waals surface area contributed by atoms with Crippen LogP contribution in [0.15, 0.2) is 54.7 Å². The van der Waals surface area contributed by atoms with E-state index in [2.05, 4.69) is 17.2 Å². The molecule has 0 unspecified atom stereocenters. The first-order valence-electron chi connectivity index (χ1n) is 5.48. The molecule has 1 heterocycles. The van der Waals surface area contributed by atoms with Gasteiger partial charge in [0, 0.05) is 10.4 Å². The van der Waals surface area contributed by atoms with E-state index in [0.717, 1.165) is 22.5 Å². The predicted molar refractivity (Wildman–Crippen MR) is 70.3 cm³/mol. The van der Waals surface area contributed by atoms with Crippen LogP contribution >= 0.6 is 11.6 Å². The maximum Gasteiger partial charge on any atom is 0.0687 e. The lowest BCUT2D eigenvalue weighted by Crippen LogP contribution is -2.00. The van der Waals surface area contributed by atoms with Gasteiger partial charge in [-0.05, 0) is 23.8 Å². The van der Waals surface area contributed by atoms with E-state index < -0.39 is 0 Å². The van der Waals surface area contributed by atoms with Crippen molar-refractivity contribution in [3.8, 4) is 0 Å². The van der Waals surface area contributed by atoms with E-state index in [9.17, 15) is 0 Å². The molecule has 0 bridgehead atoms. The number of rotatable bonds is 2. The average molecular weight is 243 g/mol. The fourth-order valence-electron chi connectivity index (χ4n) is 1.94. The van der Waals surface area contributed by atoms with Crippen LogP contribution in [0.5, 0.6) is 0 Å². The Balaban J connectivity index is 2.01. The van der Waals surface area contributed by atoms with Gasteiger partial charge in [-0.1, -0.05) is 41.9 Å². The van der Waals surface area contributed by atoms with Gasteiger partial charge < -0.3 is 0 Å². The molecule has 1 aromatic heterocycles. The Morgan fingerprint density at radius 3 is 2.71 bits per heavy atom. The van der Waals surface area contributed by atoms with Crippen LogP contribution in [0.2, 0.25) is 5.02 Å². The molecule has 0 saturated heterocycles. The van der Waals surface area contributed by atoms with Crippen LogP contribution in [0.1, 0.15) is 5.56 Å². The third kappa shape index (κ3) is 2.04. The first-order valence-corrected chi connectivity index (χ1v) is 5.86. The van der Waals surface area contributed by atoms with Crippen molar-refractivity contribution in [2.45, 2.75) is 6.54 Å². The van der Waals surface area contributed by atoms with Crippen molar-refractivity contribution in [1.29, 1.82) is 0 Å². The highest BCUT2D eigenvalue weighted by Crippen LogP contribution is 2.19. The Hall–Kier alpha value is -1.80. The second kappa shape index (κ2) is 4.22. The summed E-state index contributed by atoms with van der Waals surface area (Å²) in [5, 5.41) is 6.21. The molecule has 0 saturated carbocycles. The highest BCUT2D eigenvalue weighted by molar-refractivity contribution is 6.31. The largest absolute Gasteiger partial charge is 0.260 e. The molecule has 2 aromatic carbocycles. The van der Waals surface area contributed by atoms with Crippen LogP contribution in [0, 0.1) is 0 Å². The third-order valence-corrected chi connectivity index (χ3v) is 3.01. The average Bonchev–Trinajstić information content (AvgIpc) is 2.73. The number of benzene rings is 2. The van der Waals surface area contributed by atoms with Crippen LogP contribution in [-0.2, 0) is 6.54 Å². The number of aromatic nitrogens is 2. The molecule has 3 rings (SSSR count). The Kier molecular flexibility index (Phi) is 2.57. The fraction of sp³-hybridized carbons (Fsp3) is 0.0714. The Labute approximate surface area is 104 Å². The second-order valence-corrected chi connectivity index (χ2v) is 4.43. The van der Waals surface area contributed by atoms with Crippen molar-refractivity contribution in [3.63, 3.8) is 0 Å². The smallest absolute Gasteiger partial charge is 0.0687 e. The number of nitrogens with zero attached hydrogens (tertiary/aromatic N) is 2. The van der Waals surface area contributed by atoms with Gasteiger partial charge in [0.05, 0.1) is 18.3 Å². The number of fused-ring (bicyclic) bond motifs is 1. The summed E-state index contributed by atoms with van der Waals surface area (Å²) in [6.45, 7) is 0.784. The lowest BCUT2D eigenvalue weighted by atomic mass is 10.2. The molecule has 3 heteroatoms. The van der Waals surface area contributed by atoms with Crippen LogP contribution in [0.25, 0.3) is 10.9 Å². The van der Waals surface area contributed by atoms with Crippen LogP contribution in [-0.4, -0.2) is 9.78 Å². The SMILES string of the molecule is Clc1ccc2c(cnn2Cc2ccccc2)c1. The molecule has 84 valence electrons. The molecule has 0 aliphatic rings. The second-order valence-electron chi connectivity index (χ2n) is 3.99. The van der Waals surface area contributed by atoms with E-state index in [1.807, 2.05) is 47.3 Å². The number of halogens is 1. The zero-order valence-corrected chi connectivity index (χ0v) is 9.93. The summed E-state index contributed by atoms with van der Waals surface area (Å²) >= 11 is 5.95. The van der Waals surface area contributed by atoms with Gasteiger partial charge in [-0.2, -0.15) is 5.10 Å². The molecule has 0 radical (unpaired) electrons. The monoisotopic (exact) mass is 242 g/mol. The van der Waals surface area contributed by atoms with Gasteiger partial charge in [-0.3, -0.25) is 4.68 Å². The van der Waals surface area contributed by atoms with E-state index in [1.54, 1.807) is 0 Å². The van der Waals surface area contributed by atoms with Gasteiger partial charge in [0.15, 0.2) is 0 Å². The Morgan fingerprint density at radius 1 is 1.06 bits per heavy atom. The van der Waals surface area contributed by atoms with Crippen LogP contribution in [0.4, 0.5) is 0 Å². The molecule has 0 aliphatic heterocycles. The molecular formula is C14H11ClN2. The van der Waals surface area contributed by atoms with E-state index in [1.165, 1.54) is 5.56 Å². The Morgan fingerprint density at radius 2 is 1.88 bits per heavy atom. The van der Waals surface area contributed by atoms with Gasteiger partial charge in [0.1, 0.15) is 0 Å². The lowest BCUT2D eigenvalue weighted by Gasteiger charge is -2.03. The fourth-order valence-corrected chi connectivity index (χ4v) is 2.12. The number of hydrogen-bond acceptors (Lipinski definition) is 1. The highest BCUT2D eigenvalue weighted by Gasteiger charge is 2.03. The van der Waals surface area contributed by atoms with Gasteiger partial charge in [-0.25, -0.2) is 0 Å². The van der Waals surface area contributed by atoms with Crippen molar-refractivity contribution in [2.24, 2.45) is 0 Å². The summed E-state index contributed by atoms with van der Waals surface area (Å²) in [6.07, 6.45) is 1.85. The lowest BCUT2D eigenvalue weighted by molar-refractivity contribution is 0.712. The molecule has 0 amide bonds. The van der Waals surface area contributed by atoms with Crippen LogP contribution < -0.4 is 0 Å². The first kappa shape index (κ1) is 10.4. The summed E-state index contributed by atoms with van der Waals surface area (Å²) in [7, 11) is 0. The minimum atomic E-state index is 0.747. The number of hydrogen-bond donors (Lipinski definition) is 0. The quantitative estimate of drug-likeness (QED) is 0.669. The zero-order chi connectivity index (χ0) is 11.7. The van der Waals surface area contributed by atoms with Crippen LogP contribution in [0.3, 0.4) is 0 Å². The van der Waals surface area contributed by atoms with Crippen molar-refractivity contribution in [3.05, 3.63) is 65.3 Å². The predicted octanol–water partition coefficient (Wildman–Crippen LogP) is 3.74. The summed E-state index contributed by atoms with van der Waals surface area (Å²) in [5.41, 5.74) is 2.35. The first-order chi connectivity index (χ1) is 8.33. The summed E-state index contributed by atoms with van der Waals surface area (Å²) in [6, 6.07) is 16.1. The van der Waals surface area contributed by atoms with Gasteiger partial charge in [0.2, 0.25) is 0 Å². The highest BCUT2D eigenvalue weighted by atomic mass is 35.5. The van der Waals surface area contributed by atoms with Crippen molar-refractivity contribution in [2.75, 3.05) is 0 Å². The molecule has 0 aliphatic carbocycles. The molecular weight excluding hydrogens is 232 g/mol. The minimum Gasteiger partial charge on any atom is -0.260 e. The van der Waals surface area contributed by atoms with E-state index in [-0.39, 0.29) is 0 Å². The standard InChI is InChI=1S/C14H11ClN2/c15-13-6-7-14-12(8-13)9-16-17(14)10-11-4-2-1-3-5-11/h1-9H,10H2. The third-order valence-electron chi connectivity index (χ3n) is 2.78. The molecule has 0 atom stereocenters. The van der Waals surface area contributed by atoms with Crippen molar-refractivity contribution in [1.82, 2.24) is 9.78 Å². The normalized spacial score (nSPS) is 10.9. The molecule has 2 nitrogen and oxygen atoms in total. The molecule has 0 spiro atoms. The maximum atomic E-state index is 5.95. The molecule has 3 aromatic rings. The van der Waals surface area contributed by atoms with Gasteiger partial charge in [-0.15, -0.1) is 0 Å². The van der Waals surface area contributed by atoms with Gasteiger partial charge in [0.25, 0.3) is 0 Å². The minimum absolute atomic E-state index is 0.747. The summed E-state index contributed by atoms with van der Waals surface area (Å²) < 4.78 is 1.99. The van der Waals surface area contributed by atoms with E-state index in [4.69, 9.17) is 11.6 Å². The van der Waals surface area contributed by atoms with E-state index >= 15 is 0 Å². The Bertz CT molecular complexity index is 644. The summed E-state index contributed by atoms with van der Waals surface area (Å²) in [4.78, 5) is 0. The molecule has 0 N–H and O–H groups in total. The summed E-state index contributed by atoms with van der Waals surface area (Å²) in [5.74, 6) is 0. The van der Waals surface area contributed by atoms with Crippen molar-refractivity contribution < 1.29 is 0 Å². The molecule has 17 heavy (non-hydrogen) atoms. The van der Waals surface area contributed by atoms with E-state index in [0.29, 0.717) is 0 Å². The maximum absolute atomic E-state index is 5.95. The molecule has 0 fully saturated rings. The zero-order valence-electron chi connectivity index (χ0n) is 9.18. The van der Waals surface area contributed by atoms with Gasteiger partial charge >= 0.3 is 0 Å².